The van der Waals surface area contributed by atoms with Crippen LogP contribution in [-0.4, -0.2) is 33.5 Å². The predicted molar refractivity (Wildman–Crippen MR) is 80.1 cm³/mol. The number of carbonyl (C=O) groups is 1. The molecule has 1 atom stereocenters. The Bertz CT molecular complexity index is 594. The molecule has 0 bridgehead atoms. The van der Waals surface area contributed by atoms with Crippen molar-refractivity contribution in [3.8, 4) is 10.8 Å². The lowest BCUT2D eigenvalue weighted by molar-refractivity contribution is -0.143. The van der Waals surface area contributed by atoms with Crippen molar-refractivity contribution in [1.29, 1.82) is 0 Å². The summed E-state index contributed by atoms with van der Waals surface area (Å²) in [5.74, 6) is -0.124. The molecule has 0 amide bonds. The summed E-state index contributed by atoms with van der Waals surface area (Å²) in [4.78, 5) is 18.9. The van der Waals surface area contributed by atoms with Gasteiger partial charge in [-0.1, -0.05) is 18.9 Å². The van der Waals surface area contributed by atoms with E-state index in [0.29, 0.717) is 18.9 Å². The molecule has 1 aliphatic heterocycles. The van der Waals surface area contributed by atoms with Crippen LogP contribution >= 0.6 is 11.3 Å². The quantitative estimate of drug-likeness (QED) is 0.939. The maximum Gasteiger partial charge on any atom is 0.320 e. The van der Waals surface area contributed by atoms with Crippen molar-refractivity contribution in [3.05, 3.63) is 29.5 Å². The van der Waals surface area contributed by atoms with Gasteiger partial charge in [0.2, 0.25) is 5.89 Å². The topological polar surface area (TPSA) is 66.6 Å². The number of likely N-dealkylation sites (tertiary alicyclic amines) is 1. The average Bonchev–Trinajstić information content (AvgIpc) is 3.07. The van der Waals surface area contributed by atoms with Crippen LogP contribution in [0, 0.1) is 0 Å². The molecule has 2 aromatic rings. The number of aromatic nitrogens is 1. The van der Waals surface area contributed by atoms with Gasteiger partial charge in [-0.2, -0.15) is 0 Å². The van der Waals surface area contributed by atoms with Crippen molar-refractivity contribution in [2.24, 2.45) is 0 Å². The monoisotopic (exact) mass is 306 g/mol. The van der Waals surface area contributed by atoms with Crippen molar-refractivity contribution in [2.45, 2.75) is 38.3 Å². The Morgan fingerprint density at radius 2 is 2.38 bits per heavy atom. The first-order chi connectivity index (χ1) is 10.2. The molecule has 1 fully saturated rings. The molecule has 2 aromatic heterocycles. The van der Waals surface area contributed by atoms with Crippen LogP contribution in [-0.2, 0) is 11.3 Å². The Morgan fingerprint density at radius 3 is 3.14 bits per heavy atom. The fourth-order valence-corrected chi connectivity index (χ4v) is 3.39. The molecule has 3 heterocycles. The third kappa shape index (κ3) is 3.33. The van der Waals surface area contributed by atoms with Crippen LogP contribution in [0.15, 0.2) is 28.2 Å². The Morgan fingerprint density at radius 1 is 1.48 bits per heavy atom. The van der Waals surface area contributed by atoms with Gasteiger partial charge < -0.3 is 9.52 Å². The van der Waals surface area contributed by atoms with Gasteiger partial charge in [0, 0.05) is 6.54 Å². The molecule has 0 aliphatic carbocycles. The van der Waals surface area contributed by atoms with Crippen molar-refractivity contribution >= 4 is 17.3 Å². The lowest BCUT2D eigenvalue weighted by Crippen LogP contribution is -2.40. The minimum absolute atomic E-state index is 0.408. The van der Waals surface area contributed by atoms with E-state index in [0.717, 1.165) is 36.4 Å². The van der Waals surface area contributed by atoms with E-state index in [-0.39, 0.29) is 0 Å². The van der Waals surface area contributed by atoms with Gasteiger partial charge in [-0.05, 0) is 30.8 Å². The standard InChI is InChI=1S/C15H18N2O3S/c18-15(19)12-5-2-1-3-7-17(12)9-11-10-20-14(16-11)13-6-4-8-21-13/h4,6,8,10,12H,1-3,5,7,9H2,(H,18,19). The van der Waals surface area contributed by atoms with Gasteiger partial charge in [0.1, 0.15) is 12.3 Å². The second kappa shape index (κ2) is 6.41. The van der Waals surface area contributed by atoms with Crippen molar-refractivity contribution in [1.82, 2.24) is 9.88 Å². The summed E-state index contributed by atoms with van der Waals surface area (Å²) < 4.78 is 5.50. The van der Waals surface area contributed by atoms with Crippen LogP contribution in [0.5, 0.6) is 0 Å². The SMILES string of the molecule is O=C(O)C1CCCCCN1Cc1coc(-c2cccs2)n1. The summed E-state index contributed by atoms with van der Waals surface area (Å²) >= 11 is 1.58. The van der Waals surface area contributed by atoms with E-state index in [1.807, 2.05) is 22.4 Å². The van der Waals surface area contributed by atoms with E-state index in [9.17, 15) is 9.90 Å². The van der Waals surface area contributed by atoms with E-state index < -0.39 is 12.0 Å². The largest absolute Gasteiger partial charge is 0.480 e. The third-order valence-electron chi connectivity index (χ3n) is 3.80. The number of nitrogens with zero attached hydrogens (tertiary/aromatic N) is 2. The summed E-state index contributed by atoms with van der Waals surface area (Å²) in [6.45, 7) is 1.34. The number of hydrogen-bond acceptors (Lipinski definition) is 5. The highest BCUT2D eigenvalue weighted by atomic mass is 32.1. The molecule has 5 nitrogen and oxygen atoms in total. The third-order valence-corrected chi connectivity index (χ3v) is 4.66. The molecule has 0 spiro atoms. The second-order valence-corrected chi connectivity index (χ2v) is 6.24. The average molecular weight is 306 g/mol. The lowest BCUT2D eigenvalue weighted by atomic mass is 10.1. The number of oxazole rings is 1. The fourth-order valence-electron chi connectivity index (χ4n) is 2.74. The summed E-state index contributed by atoms with van der Waals surface area (Å²) in [6.07, 6.45) is 5.47. The number of aliphatic carboxylic acids is 1. The molecule has 3 rings (SSSR count). The van der Waals surface area contributed by atoms with Gasteiger partial charge in [-0.25, -0.2) is 4.98 Å². The van der Waals surface area contributed by atoms with Gasteiger partial charge in [-0.15, -0.1) is 11.3 Å². The maximum atomic E-state index is 11.4. The molecule has 6 heteroatoms. The zero-order valence-corrected chi connectivity index (χ0v) is 12.5. The smallest absolute Gasteiger partial charge is 0.320 e. The van der Waals surface area contributed by atoms with E-state index in [4.69, 9.17) is 4.42 Å². The molecular weight excluding hydrogens is 288 g/mol. The first-order valence-corrected chi connectivity index (χ1v) is 8.07. The van der Waals surface area contributed by atoms with Gasteiger partial charge in [0.25, 0.3) is 0 Å². The Kier molecular flexibility index (Phi) is 4.36. The van der Waals surface area contributed by atoms with Crippen LogP contribution in [0.4, 0.5) is 0 Å². The molecule has 0 saturated carbocycles. The van der Waals surface area contributed by atoms with E-state index >= 15 is 0 Å². The second-order valence-electron chi connectivity index (χ2n) is 5.30. The van der Waals surface area contributed by atoms with Gasteiger partial charge in [-0.3, -0.25) is 9.69 Å². The molecule has 1 unspecified atom stereocenters. The Hall–Kier alpha value is -1.66. The fraction of sp³-hybridized carbons (Fsp3) is 0.467. The molecule has 0 aromatic carbocycles. The highest BCUT2D eigenvalue weighted by Crippen LogP contribution is 2.25. The minimum atomic E-state index is -0.737. The zero-order valence-electron chi connectivity index (χ0n) is 11.7. The van der Waals surface area contributed by atoms with Crippen LogP contribution in [0.3, 0.4) is 0 Å². The van der Waals surface area contributed by atoms with Crippen LogP contribution in [0.1, 0.15) is 31.4 Å². The van der Waals surface area contributed by atoms with Crippen molar-refractivity contribution in [3.63, 3.8) is 0 Å². The van der Waals surface area contributed by atoms with Crippen LogP contribution < -0.4 is 0 Å². The molecule has 112 valence electrons. The summed E-state index contributed by atoms with van der Waals surface area (Å²) in [7, 11) is 0. The number of carboxylic acid groups (broad SMARTS) is 1. The number of carboxylic acids is 1. The molecule has 21 heavy (non-hydrogen) atoms. The van der Waals surface area contributed by atoms with Gasteiger partial charge in [0.15, 0.2) is 0 Å². The normalized spacial score (nSPS) is 20.3. The molecule has 1 saturated heterocycles. The number of rotatable bonds is 4. The highest BCUT2D eigenvalue weighted by molar-refractivity contribution is 7.13. The molecule has 1 N–H and O–H groups in total. The summed E-state index contributed by atoms with van der Waals surface area (Å²) in [6, 6.07) is 3.51. The Balaban J connectivity index is 1.73. The molecule has 0 radical (unpaired) electrons. The van der Waals surface area contributed by atoms with Gasteiger partial charge >= 0.3 is 5.97 Å². The molecule has 1 aliphatic rings. The van der Waals surface area contributed by atoms with E-state index in [2.05, 4.69) is 4.98 Å². The maximum absolute atomic E-state index is 11.4. The first-order valence-electron chi connectivity index (χ1n) is 7.19. The van der Waals surface area contributed by atoms with Crippen LogP contribution in [0.25, 0.3) is 10.8 Å². The molecular formula is C15H18N2O3S. The van der Waals surface area contributed by atoms with E-state index in [1.54, 1.807) is 17.6 Å². The summed E-state index contributed by atoms with van der Waals surface area (Å²) in [5, 5.41) is 11.4. The van der Waals surface area contributed by atoms with Gasteiger partial charge in [0.05, 0.1) is 10.6 Å². The van der Waals surface area contributed by atoms with Crippen molar-refractivity contribution < 1.29 is 14.3 Å². The lowest BCUT2D eigenvalue weighted by Gasteiger charge is -2.25. The highest BCUT2D eigenvalue weighted by Gasteiger charge is 2.27. The minimum Gasteiger partial charge on any atom is -0.480 e. The van der Waals surface area contributed by atoms with E-state index in [1.165, 1.54) is 0 Å². The number of hydrogen-bond donors (Lipinski definition) is 1. The van der Waals surface area contributed by atoms with Crippen molar-refractivity contribution in [2.75, 3.05) is 6.54 Å². The first kappa shape index (κ1) is 14.3. The van der Waals surface area contributed by atoms with Crippen LogP contribution in [0.2, 0.25) is 0 Å². The predicted octanol–water partition coefficient (Wildman–Crippen LogP) is 3.23. The zero-order chi connectivity index (χ0) is 14.7. The Labute approximate surface area is 127 Å². The summed E-state index contributed by atoms with van der Waals surface area (Å²) in [5.41, 5.74) is 0.798. The number of thiophene rings is 1.